The third kappa shape index (κ3) is 5.32. The Bertz CT molecular complexity index is 815. The van der Waals surface area contributed by atoms with E-state index in [9.17, 15) is 4.79 Å². The number of rotatable bonds is 8. The third-order valence-electron chi connectivity index (χ3n) is 3.87. The molecule has 0 saturated heterocycles. The van der Waals surface area contributed by atoms with Crippen molar-refractivity contribution in [1.29, 1.82) is 0 Å². The van der Waals surface area contributed by atoms with Crippen molar-refractivity contribution in [2.24, 2.45) is 0 Å². The molecule has 3 rings (SSSR count). The first-order valence-corrected chi connectivity index (χ1v) is 9.55. The molecular weight excluding hydrogens is 441 g/mol. The molecule has 3 aromatic rings. The van der Waals surface area contributed by atoms with Crippen LogP contribution in [0.15, 0.2) is 67.3 Å². The molecule has 2 aromatic carbocycles. The van der Waals surface area contributed by atoms with E-state index >= 15 is 0 Å². The summed E-state index contributed by atoms with van der Waals surface area (Å²) in [4.78, 5) is 16.0. The Morgan fingerprint density at radius 3 is 2.54 bits per heavy atom. The highest BCUT2D eigenvalue weighted by molar-refractivity contribution is 14.1. The summed E-state index contributed by atoms with van der Waals surface area (Å²) in [6.45, 7) is 1.28. The summed E-state index contributed by atoms with van der Waals surface area (Å²) in [5.74, 6) is 0.814. The van der Waals surface area contributed by atoms with Gasteiger partial charge in [0.2, 0.25) is 0 Å². The second kappa shape index (κ2) is 9.38. The largest absolute Gasteiger partial charge is 0.494 e. The molecule has 0 unspecified atom stereocenters. The van der Waals surface area contributed by atoms with E-state index in [1.165, 1.54) is 0 Å². The van der Waals surface area contributed by atoms with Crippen LogP contribution in [0.3, 0.4) is 0 Å². The van der Waals surface area contributed by atoms with E-state index in [0.29, 0.717) is 18.7 Å². The van der Waals surface area contributed by atoms with Crippen LogP contribution >= 0.6 is 22.6 Å². The average molecular weight is 461 g/mol. The van der Waals surface area contributed by atoms with Gasteiger partial charge in [-0.05, 0) is 84.0 Å². The Labute approximate surface area is 166 Å². The maximum absolute atomic E-state index is 12.0. The van der Waals surface area contributed by atoms with Gasteiger partial charge in [-0.15, -0.1) is 0 Å². The Morgan fingerprint density at radius 1 is 1.08 bits per heavy atom. The number of benzene rings is 2. The second-order valence-corrected chi connectivity index (χ2v) is 7.03. The van der Waals surface area contributed by atoms with Crippen molar-refractivity contribution in [3.8, 4) is 11.4 Å². The van der Waals surface area contributed by atoms with Crippen molar-refractivity contribution < 1.29 is 9.53 Å². The quantitative estimate of drug-likeness (QED) is 0.407. The molecule has 6 heteroatoms. The van der Waals surface area contributed by atoms with Gasteiger partial charge in [-0.2, -0.15) is 0 Å². The Kier molecular flexibility index (Phi) is 6.65. The molecule has 0 aliphatic carbocycles. The zero-order chi connectivity index (χ0) is 18.2. The van der Waals surface area contributed by atoms with Gasteiger partial charge in [0, 0.05) is 33.8 Å². The van der Waals surface area contributed by atoms with Crippen LogP contribution in [0.5, 0.6) is 5.75 Å². The molecule has 134 valence electrons. The topological polar surface area (TPSA) is 56.1 Å². The lowest BCUT2D eigenvalue weighted by Crippen LogP contribution is -2.24. The summed E-state index contributed by atoms with van der Waals surface area (Å²) in [6, 6.07) is 15.4. The number of nitrogens with zero attached hydrogens (tertiary/aromatic N) is 2. The van der Waals surface area contributed by atoms with Gasteiger partial charge >= 0.3 is 0 Å². The Morgan fingerprint density at radius 2 is 1.85 bits per heavy atom. The van der Waals surface area contributed by atoms with Gasteiger partial charge in [0.25, 0.3) is 5.91 Å². The fraction of sp³-hybridized carbons (Fsp3) is 0.200. The van der Waals surface area contributed by atoms with Gasteiger partial charge in [-0.25, -0.2) is 4.98 Å². The fourth-order valence-corrected chi connectivity index (χ4v) is 2.81. The number of hydrogen-bond donors (Lipinski definition) is 1. The normalized spacial score (nSPS) is 10.5. The summed E-state index contributed by atoms with van der Waals surface area (Å²) in [7, 11) is 0. The summed E-state index contributed by atoms with van der Waals surface area (Å²) >= 11 is 2.22. The number of carbonyl (C=O) groups is 1. The van der Waals surface area contributed by atoms with Gasteiger partial charge in [-0.1, -0.05) is 0 Å². The predicted octanol–water partition coefficient (Wildman–Crippen LogP) is 4.07. The molecule has 1 amide bonds. The lowest BCUT2D eigenvalue weighted by Gasteiger charge is -2.08. The molecule has 1 N–H and O–H groups in total. The van der Waals surface area contributed by atoms with Crippen molar-refractivity contribution >= 4 is 28.5 Å². The fourth-order valence-electron chi connectivity index (χ4n) is 2.45. The van der Waals surface area contributed by atoms with E-state index in [0.717, 1.165) is 27.8 Å². The van der Waals surface area contributed by atoms with Gasteiger partial charge in [0.05, 0.1) is 12.9 Å². The van der Waals surface area contributed by atoms with E-state index in [1.807, 2.05) is 59.3 Å². The third-order valence-corrected chi connectivity index (χ3v) is 4.59. The van der Waals surface area contributed by atoms with E-state index in [2.05, 4.69) is 32.9 Å². The SMILES string of the molecule is O=C(NCCCCOc1ccc(-n2ccnc2)cc1)c1ccc(I)cc1. The van der Waals surface area contributed by atoms with Crippen LogP contribution in [0.2, 0.25) is 0 Å². The second-order valence-electron chi connectivity index (χ2n) is 5.78. The van der Waals surface area contributed by atoms with Crippen LogP contribution < -0.4 is 10.1 Å². The molecule has 0 spiro atoms. The molecule has 0 radical (unpaired) electrons. The van der Waals surface area contributed by atoms with Crippen molar-refractivity contribution in [3.63, 3.8) is 0 Å². The first-order valence-electron chi connectivity index (χ1n) is 8.47. The van der Waals surface area contributed by atoms with Gasteiger partial charge in [-0.3, -0.25) is 4.79 Å². The number of ether oxygens (including phenoxy) is 1. The summed E-state index contributed by atoms with van der Waals surface area (Å²) in [5, 5.41) is 2.93. The van der Waals surface area contributed by atoms with Crippen molar-refractivity contribution in [1.82, 2.24) is 14.9 Å². The molecule has 1 heterocycles. The van der Waals surface area contributed by atoms with E-state index in [1.54, 1.807) is 12.5 Å². The van der Waals surface area contributed by atoms with Crippen LogP contribution in [0, 0.1) is 3.57 Å². The Balaban J connectivity index is 1.33. The predicted molar refractivity (Wildman–Crippen MR) is 110 cm³/mol. The molecule has 0 bridgehead atoms. The minimum Gasteiger partial charge on any atom is -0.494 e. The standard InChI is InChI=1S/C20H20IN3O2/c21-17-5-3-16(4-6-17)20(25)23-11-1-2-14-26-19-9-7-18(8-10-19)24-13-12-22-15-24/h3-10,12-13,15H,1-2,11,14H2,(H,23,25). The van der Waals surface area contributed by atoms with E-state index < -0.39 is 0 Å². The van der Waals surface area contributed by atoms with Gasteiger partial charge in [0.15, 0.2) is 0 Å². The van der Waals surface area contributed by atoms with Gasteiger partial charge < -0.3 is 14.6 Å². The minimum atomic E-state index is -0.0302. The number of carbonyl (C=O) groups excluding carboxylic acids is 1. The smallest absolute Gasteiger partial charge is 0.251 e. The monoisotopic (exact) mass is 461 g/mol. The summed E-state index contributed by atoms with van der Waals surface area (Å²) in [5.41, 5.74) is 1.74. The summed E-state index contributed by atoms with van der Waals surface area (Å²) in [6.07, 6.45) is 7.18. The number of unbranched alkanes of at least 4 members (excludes halogenated alkanes) is 1. The van der Waals surface area contributed by atoms with Crippen LogP contribution in [-0.4, -0.2) is 28.6 Å². The highest BCUT2D eigenvalue weighted by Gasteiger charge is 2.04. The minimum absolute atomic E-state index is 0.0302. The number of halogens is 1. The molecular formula is C20H20IN3O2. The lowest BCUT2D eigenvalue weighted by atomic mass is 10.2. The highest BCUT2D eigenvalue weighted by Crippen LogP contribution is 2.15. The average Bonchev–Trinajstić information content (AvgIpc) is 3.20. The zero-order valence-corrected chi connectivity index (χ0v) is 16.4. The molecule has 0 aliphatic heterocycles. The number of imidazole rings is 1. The maximum Gasteiger partial charge on any atom is 0.251 e. The van der Waals surface area contributed by atoms with Crippen LogP contribution in [0.25, 0.3) is 5.69 Å². The Hall–Kier alpha value is -2.35. The van der Waals surface area contributed by atoms with Crippen LogP contribution in [0.1, 0.15) is 23.2 Å². The maximum atomic E-state index is 12.0. The van der Waals surface area contributed by atoms with E-state index in [4.69, 9.17) is 4.74 Å². The number of aromatic nitrogens is 2. The molecule has 0 saturated carbocycles. The van der Waals surface area contributed by atoms with Crippen molar-refractivity contribution in [2.75, 3.05) is 13.2 Å². The van der Waals surface area contributed by atoms with Gasteiger partial charge in [0.1, 0.15) is 5.75 Å². The van der Waals surface area contributed by atoms with Crippen LogP contribution in [0.4, 0.5) is 0 Å². The molecule has 5 nitrogen and oxygen atoms in total. The summed E-state index contributed by atoms with van der Waals surface area (Å²) < 4.78 is 8.81. The highest BCUT2D eigenvalue weighted by atomic mass is 127. The lowest BCUT2D eigenvalue weighted by molar-refractivity contribution is 0.0952. The molecule has 0 aliphatic rings. The molecule has 0 fully saturated rings. The van der Waals surface area contributed by atoms with E-state index in [-0.39, 0.29) is 5.91 Å². The first-order chi connectivity index (χ1) is 12.7. The molecule has 1 aromatic heterocycles. The molecule has 0 atom stereocenters. The van der Waals surface area contributed by atoms with Crippen LogP contribution in [-0.2, 0) is 0 Å². The number of nitrogens with one attached hydrogen (secondary N) is 1. The zero-order valence-electron chi connectivity index (χ0n) is 14.3. The molecule has 26 heavy (non-hydrogen) atoms. The van der Waals surface area contributed by atoms with Crippen molar-refractivity contribution in [2.45, 2.75) is 12.8 Å². The first kappa shape index (κ1) is 18.4. The number of amides is 1. The van der Waals surface area contributed by atoms with Crippen molar-refractivity contribution in [3.05, 3.63) is 76.4 Å². The number of hydrogen-bond acceptors (Lipinski definition) is 3.